The zero-order chi connectivity index (χ0) is 14.8. The van der Waals surface area contributed by atoms with Crippen molar-refractivity contribution in [2.24, 2.45) is 0 Å². The van der Waals surface area contributed by atoms with Gasteiger partial charge in [-0.3, -0.25) is 4.90 Å². The lowest BCUT2D eigenvalue weighted by Gasteiger charge is -2.34. The summed E-state index contributed by atoms with van der Waals surface area (Å²) < 4.78 is 0. The number of aromatic nitrogens is 4. The molecule has 3 heterocycles. The normalized spacial score (nSPS) is 18.3. The van der Waals surface area contributed by atoms with E-state index in [1.807, 2.05) is 6.20 Å². The molecular weight excluding hydrogens is 274 g/mol. The number of hydrogen-bond donors (Lipinski definition) is 2. The number of nitrogens with zero attached hydrogens (tertiary/aromatic N) is 3. The summed E-state index contributed by atoms with van der Waals surface area (Å²) in [5.41, 5.74) is 4.86. The Kier molecular flexibility index (Phi) is 3.48. The molecule has 0 fully saturated rings. The number of benzene rings is 1. The van der Waals surface area contributed by atoms with Crippen LogP contribution in [0.2, 0.25) is 0 Å². The largest absolute Gasteiger partial charge is 0.348 e. The number of H-pyrrole nitrogens is 2. The second kappa shape index (κ2) is 5.77. The second-order valence-electron chi connectivity index (χ2n) is 5.70. The van der Waals surface area contributed by atoms with Crippen molar-refractivity contribution in [3.8, 4) is 0 Å². The Morgan fingerprint density at radius 3 is 2.86 bits per heavy atom. The maximum atomic E-state index is 4.55. The standard InChI is InChI=1S/C17H19N5/c1-2-4-13(5-3-1)6-8-22-9-7-14-16(21-12-20-14)17(22)15-10-18-11-19-15/h1-5,10-12,17H,6-9H2,(H,18,19)(H,20,21). The molecule has 0 amide bonds. The van der Waals surface area contributed by atoms with Crippen LogP contribution in [-0.2, 0) is 12.8 Å². The molecule has 0 bridgehead atoms. The monoisotopic (exact) mass is 293 g/mol. The van der Waals surface area contributed by atoms with E-state index in [-0.39, 0.29) is 6.04 Å². The molecule has 1 aromatic carbocycles. The first-order valence-corrected chi connectivity index (χ1v) is 7.70. The topological polar surface area (TPSA) is 60.6 Å². The molecule has 0 saturated carbocycles. The van der Waals surface area contributed by atoms with Gasteiger partial charge in [-0.15, -0.1) is 0 Å². The van der Waals surface area contributed by atoms with Gasteiger partial charge >= 0.3 is 0 Å². The van der Waals surface area contributed by atoms with Gasteiger partial charge in [0.15, 0.2) is 0 Å². The third-order valence-corrected chi connectivity index (χ3v) is 4.37. The molecule has 112 valence electrons. The number of nitrogens with one attached hydrogen (secondary N) is 2. The molecule has 1 unspecified atom stereocenters. The van der Waals surface area contributed by atoms with E-state index in [2.05, 4.69) is 55.2 Å². The number of imidazole rings is 2. The van der Waals surface area contributed by atoms with Crippen LogP contribution in [0.3, 0.4) is 0 Å². The summed E-state index contributed by atoms with van der Waals surface area (Å²) >= 11 is 0. The maximum Gasteiger partial charge on any atom is 0.0962 e. The smallest absolute Gasteiger partial charge is 0.0962 e. The van der Waals surface area contributed by atoms with E-state index < -0.39 is 0 Å². The van der Waals surface area contributed by atoms with Gasteiger partial charge in [-0.05, 0) is 12.0 Å². The molecule has 1 aliphatic rings. The van der Waals surface area contributed by atoms with Gasteiger partial charge in [0.1, 0.15) is 0 Å². The van der Waals surface area contributed by atoms with Crippen molar-refractivity contribution in [2.45, 2.75) is 18.9 Å². The minimum atomic E-state index is 0.168. The molecular formula is C17H19N5. The average Bonchev–Trinajstić information content (AvgIpc) is 3.24. The van der Waals surface area contributed by atoms with Gasteiger partial charge in [-0.25, -0.2) is 9.97 Å². The van der Waals surface area contributed by atoms with E-state index in [4.69, 9.17) is 0 Å². The van der Waals surface area contributed by atoms with Crippen molar-refractivity contribution in [1.82, 2.24) is 24.8 Å². The van der Waals surface area contributed by atoms with Gasteiger partial charge in [-0.2, -0.15) is 0 Å². The van der Waals surface area contributed by atoms with Crippen LogP contribution in [0, 0.1) is 0 Å². The Labute approximate surface area is 129 Å². The number of rotatable bonds is 4. The van der Waals surface area contributed by atoms with E-state index >= 15 is 0 Å². The quantitative estimate of drug-likeness (QED) is 0.776. The van der Waals surface area contributed by atoms with E-state index in [1.54, 1.807) is 12.7 Å². The molecule has 0 spiro atoms. The Morgan fingerprint density at radius 1 is 1.14 bits per heavy atom. The van der Waals surface area contributed by atoms with Crippen LogP contribution in [0.4, 0.5) is 0 Å². The highest BCUT2D eigenvalue weighted by molar-refractivity contribution is 5.27. The van der Waals surface area contributed by atoms with E-state index in [9.17, 15) is 0 Å². The molecule has 5 heteroatoms. The van der Waals surface area contributed by atoms with Crippen LogP contribution < -0.4 is 0 Å². The zero-order valence-corrected chi connectivity index (χ0v) is 12.4. The van der Waals surface area contributed by atoms with Crippen molar-refractivity contribution in [3.05, 3.63) is 71.8 Å². The van der Waals surface area contributed by atoms with Gasteiger partial charge in [0.2, 0.25) is 0 Å². The first-order chi connectivity index (χ1) is 10.9. The third kappa shape index (κ3) is 2.44. The Bertz CT molecular complexity index is 717. The van der Waals surface area contributed by atoms with Crippen LogP contribution in [0.1, 0.15) is 28.7 Å². The second-order valence-corrected chi connectivity index (χ2v) is 5.70. The molecule has 2 aromatic heterocycles. The lowest BCUT2D eigenvalue weighted by Crippen LogP contribution is -2.37. The first-order valence-electron chi connectivity index (χ1n) is 7.70. The van der Waals surface area contributed by atoms with Gasteiger partial charge < -0.3 is 9.97 Å². The van der Waals surface area contributed by atoms with Crippen LogP contribution >= 0.6 is 0 Å². The predicted molar refractivity (Wildman–Crippen MR) is 84.4 cm³/mol. The van der Waals surface area contributed by atoms with Gasteiger partial charge in [-0.1, -0.05) is 30.3 Å². The zero-order valence-electron chi connectivity index (χ0n) is 12.4. The highest BCUT2D eigenvalue weighted by Gasteiger charge is 2.31. The molecule has 4 rings (SSSR count). The fourth-order valence-corrected chi connectivity index (χ4v) is 3.24. The van der Waals surface area contributed by atoms with E-state index in [0.29, 0.717) is 0 Å². The molecule has 1 atom stereocenters. The summed E-state index contributed by atoms with van der Waals surface area (Å²) in [7, 11) is 0. The highest BCUT2D eigenvalue weighted by atomic mass is 15.2. The minimum Gasteiger partial charge on any atom is -0.348 e. The lowest BCUT2D eigenvalue weighted by molar-refractivity contribution is 0.208. The fraction of sp³-hybridized carbons (Fsp3) is 0.294. The number of hydrogen-bond acceptors (Lipinski definition) is 3. The van der Waals surface area contributed by atoms with Crippen molar-refractivity contribution in [2.75, 3.05) is 13.1 Å². The number of fused-ring (bicyclic) bond motifs is 1. The molecule has 0 radical (unpaired) electrons. The van der Waals surface area contributed by atoms with Crippen molar-refractivity contribution in [1.29, 1.82) is 0 Å². The Morgan fingerprint density at radius 2 is 2.05 bits per heavy atom. The summed E-state index contributed by atoms with van der Waals surface area (Å²) in [6.07, 6.45) is 7.52. The lowest BCUT2D eigenvalue weighted by atomic mass is 9.99. The van der Waals surface area contributed by atoms with E-state index in [1.165, 1.54) is 11.3 Å². The van der Waals surface area contributed by atoms with Crippen molar-refractivity contribution in [3.63, 3.8) is 0 Å². The summed E-state index contributed by atoms with van der Waals surface area (Å²) in [5, 5.41) is 0. The summed E-state index contributed by atoms with van der Waals surface area (Å²) in [6.45, 7) is 2.05. The van der Waals surface area contributed by atoms with Crippen LogP contribution in [0.25, 0.3) is 0 Å². The molecule has 0 aliphatic carbocycles. The van der Waals surface area contributed by atoms with Crippen LogP contribution in [0.5, 0.6) is 0 Å². The molecule has 1 aliphatic heterocycles. The summed E-state index contributed by atoms with van der Waals surface area (Å²) in [5.74, 6) is 0. The highest BCUT2D eigenvalue weighted by Crippen LogP contribution is 2.31. The first kappa shape index (κ1) is 13.3. The molecule has 2 N–H and O–H groups in total. The van der Waals surface area contributed by atoms with Gasteiger partial charge in [0.05, 0.1) is 30.1 Å². The van der Waals surface area contributed by atoms with Gasteiger partial charge in [0, 0.05) is 31.4 Å². The summed E-state index contributed by atoms with van der Waals surface area (Å²) in [4.78, 5) is 17.8. The van der Waals surface area contributed by atoms with Gasteiger partial charge in [0.25, 0.3) is 0 Å². The third-order valence-electron chi connectivity index (χ3n) is 4.37. The van der Waals surface area contributed by atoms with Crippen LogP contribution in [0.15, 0.2) is 49.2 Å². The van der Waals surface area contributed by atoms with Crippen molar-refractivity contribution >= 4 is 0 Å². The Balaban J connectivity index is 1.58. The molecule has 5 nitrogen and oxygen atoms in total. The molecule has 3 aromatic rings. The fourth-order valence-electron chi connectivity index (χ4n) is 3.24. The average molecular weight is 293 g/mol. The van der Waals surface area contributed by atoms with Crippen molar-refractivity contribution < 1.29 is 0 Å². The Hall–Kier alpha value is -2.40. The minimum absolute atomic E-state index is 0.168. The molecule has 22 heavy (non-hydrogen) atoms. The molecule has 0 saturated heterocycles. The van der Waals surface area contributed by atoms with E-state index in [0.717, 1.165) is 37.3 Å². The number of aromatic amines is 2. The predicted octanol–water partition coefficient (Wildman–Crippen LogP) is 2.32. The maximum absolute atomic E-state index is 4.55. The summed E-state index contributed by atoms with van der Waals surface area (Å²) in [6, 6.07) is 10.8. The van der Waals surface area contributed by atoms with Crippen LogP contribution in [-0.4, -0.2) is 37.9 Å². The SMILES string of the molecule is c1ccc(CCN2CCc3[nH]cnc3C2c2cnc[nH]2)cc1.